The zero-order valence-electron chi connectivity index (χ0n) is 11.2. The number of anilines is 1. The molecule has 7 heteroatoms. The number of hydrogen-bond acceptors (Lipinski definition) is 4. The summed E-state index contributed by atoms with van der Waals surface area (Å²) in [6.07, 6.45) is 2.90. The van der Waals surface area contributed by atoms with Gasteiger partial charge in [-0.15, -0.1) is 0 Å². The maximum atomic E-state index is 12.4. The zero-order valence-corrected chi connectivity index (χ0v) is 13.6. The maximum absolute atomic E-state index is 12.4. The van der Waals surface area contributed by atoms with Crippen LogP contribution in [0.3, 0.4) is 0 Å². The van der Waals surface area contributed by atoms with E-state index < -0.39 is 10.0 Å². The number of halogens is 1. The molecule has 1 heterocycles. The van der Waals surface area contributed by atoms with Gasteiger partial charge < -0.3 is 4.42 Å². The van der Waals surface area contributed by atoms with Crippen molar-refractivity contribution >= 4 is 31.6 Å². The number of oxazole rings is 1. The third-order valence-corrected chi connectivity index (χ3v) is 5.35. The number of rotatable bonds is 4. The minimum absolute atomic E-state index is 0.181. The van der Waals surface area contributed by atoms with Crippen molar-refractivity contribution in [2.24, 2.45) is 0 Å². The van der Waals surface area contributed by atoms with Crippen LogP contribution in [-0.2, 0) is 10.0 Å². The normalized spacial score (nSPS) is 11.3. The van der Waals surface area contributed by atoms with Crippen LogP contribution in [0.1, 0.15) is 0 Å². The first-order valence-electron chi connectivity index (χ1n) is 6.32. The van der Waals surface area contributed by atoms with Gasteiger partial charge in [0.15, 0.2) is 12.2 Å². The van der Waals surface area contributed by atoms with Crippen LogP contribution in [-0.4, -0.2) is 13.4 Å². The molecule has 0 saturated heterocycles. The summed E-state index contributed by atoms with van der Waals surface area (Å²) in [5, 5.41) is 0. The highest BCUT2D eigenvalue weighted by atomic mass is 79.9. The summed E-state index contributed by atoms with van der Waals surface area (Å²) in [4.78, 5) is 4.03. The molecule has 0 amide bonds. The third-order valence-electron chi connectivity index (χ3n) is 2.96. The second-order valence-corrected chi connectivity index (χ2v) is 6.99. The molecule has 3 rings (SSSR count). The Balaban J connectivity index is 1.93. The molecule has 0 fully saturated rings. The predicted octanol–water partition coefficient (Wildman–Crippen LogP) is 3.90. The smallest absolute Gasteiger partial charge is 0.263 e. The van der Waals surface area contributed by atoms with Gasteiger partial charge in [-0.3, -0.25) is 4.72 Å². The van der Waals surface area contributed by atoms with E-state index >= 15 is 0 Å². The summed E-state index contributed by atoms with van der Waals surface area (Å²) in [5.41, 5.74) is 1.19. The van der Waals surface area contributed by atoms with Gasteiger partial charge in [0.2, 0.25) is 0 Å². The summed E-state index contributed by atoms with van der Waals surface area (Å²) in [5.74, 6) is 0.571. The molecule has 22 heavy (non-hydrogen) atoms. The highest BCUT2D eigenvalue weighted by Crippen LogP contribution is 2.26. The Labute approximate surface area is 136 Å². The molecule has 3 aromatic rings. The first kappa shape index (κ1) is 14.8. The van der Waals surface area contributed by atoms with Crippen molar-refractivity contribution in [1.82, 2.24) is 4.98 Å². The maximum Gasteiger partial charge on any atom is 0.263 e. The fourth-order valence-corrected chi connectivity index (χ4v) is 4.02. The lowest BCUT2D eigenvalue weighted by atomic mass is 10.2. The quantitative estimate of drug-likeness (QED) is 0.746. The van der Waals surface area contributed by atoms with E-state index in [1.807, 2.05) is 6.07 Å². The fraction of sp³-hybridized carbons (Fsp3) is 0. The standard InChI is InChI=1S/C15H11BrN2O3S/c16-13-6-1-2-7-15(13)22(19,20)18-12-5-3-4-11(8-12)14-9-17-10-21-14/h1-10,18H. The Kier molecular flexibility index (Phi) is 4.00. The van der Waals surface area contributed by atoms with E-state index in [-0.39, 0.29) is 4.90 Å². The van der Waals surface area contributed by atoms with Crippen molar-refractivity contribution in [3.8, 4) is 11.3 Å². The van der Waals surface area contributed by atoms with Crippen molar-refractivity contribution in [2.75, 3.05) is 4.72 Å². The molecule has 1 N–H and O–H groups in total. The second kappa shape index (κ2) is 5.94. The van der Waals surface area contributed by atoms with Crippen molar-refractivity contribution in [3.63, 3.8) is 0 Å². The lowest BCUT2D eigenvalue weighted by Crippen LogP contribution is -2.13. The molecule has 0 aliphatic rings. The molecular formula is C15H11BrN2O3S. The van der Waals surface area contributed by atoms with Crippen LogP contribution in [0.4, 0.5) is 5.69 Å². The summed E-state index contributed by atoms with van der Waals surface area (Å²) in [7, 11) is -3.67. The Morgan fingerprint density at radius 2 is 1.91 bits per heavy atom. The van der Waals surface area contributed by atoms with Gasteiger partial charge in [0.05, 0.1) is 6.20 Å². The van der Waals surface area contributed by atoms with Crippen LogP contribution in [0.25, 0.3) is 11.3 Å². The Morgan fingerprint density at radius 1 is 1.09 bits per heavy atom. The van der Waals surface area contributed by atoms with E-state index in [1.165, 1.54) is 12.5 Å². The molecule has 0 atom stereocenters. The van der Waals surface area contributed by atoms with Crippen LogP contribution in [0.15, 0.2) is 74.9 Å². The van der Waals surface area contributed by atoms with Crippen LogP contribution in [0.5, 0.6) is 0 Å². The van der Waals surface area contributed by atoms with E-state index in [0.717, 1.165) is 5.56 Å². The molecule has 112 valence electrons. The third kappa shape index (κ3) is 3.05. The lowest BCUT2D eigenvalue weighted by molar-refractivity contribution is 0.572. The largest absolute Gasteiger partial charge is 0.444 e. The average Bonchev–Trinajstić information content (AvgIpc) is 3.01. The van der Waals surface area contributed by atoms with E-state index in [2.05, 4.69) is 25.6 Å². The highest BCUT2D eigenvalue weighted by Gasteiger charge is 2.17. The SMILES string of the molecule is O=S(=O)(Nc1cccc(-c2cnco2)c1)c1ccccc1Br. The molecule has 5 nitrogen and oxygen atoms in total. The van der Waals surface area contributed by atoms with E-state index in [4.69, 9.17) is 4.42 Å². The van der Waals surface area contributed by atoms with Crippen LogP contribution < -0.4 is 4.72 Å². The highest BCUT2D eigenvalue weighted by molar-refractivity contribution is 9.10. The summed E-state index contributed by atoms with van der Waals surface area (Å²) in [6.45, 7) is 0. The van der Waals surface area contributed by atoms with Gasteiger partial charge in [-0.1, -0.05) is 24.3 Å². The molecule has 0 bridgehead atoms. The van der Waals surface area contributed by atoms with Gasteiger partial charge in [0, 0.05) is 15.7 Å². The van der Waals surface area contributed by atoms with Crippen molar-refractivity contribution < 1.29 is 12.8 Å². The van der Waals surface area contributed by atoms with Gasteiger partial charge in [0.1, 0.15) is 4.90 Å². The molecular weight excluding hydrogens is 368 g/mol. The Bertz CT molecular complexity index is 893. The lowest BCUT2D eigenvalue weighted by Gasteiger charge is -2.10. The molecule has 2 aromatic carbocycles. The topological polar surface area (TPSA) is 72.2 Å². The minimum atomic E-state index is -3.67. The Morgan fingerprint density at radius 3 is 2.64 bits per heavy atom. The first-order chi connectivity index (χ1) is 10.6. The van der Waals surface area contributed by atoms with Gasteiger partial charge in [-0.05, 0) is 40.2 Å². The van der Waals surface area contributed by atoms with Gasteiger partial charge in [-0.25, -0.2) is 13.4 Å². The minimum Gasteiger partial charge on any atom is -0.444 e. The van der Waals surface area contributed by atoms with Crippen molar-refractivity contribution in [1.29, 1.82) is 0 Å². The van der Waals surface area contributed by atoms with E-state index in [9.17, 15) is 8.42 Å². The summed E-state index contributed by atoms with van der Waals surface area (Å²) >= 11 is 3.25. The van der Waals surface area contributed by atoms with Gasteiger partial charge in [0.25, 0.3) is 10.0 Å². The zero-order chi connectivity index (χ0) is 15.6. The number of sulfonamides is 1. The number of nitrogens with zero attached hydrogens (tertiary/aromatic N) is 1. The molecule has 0 unspecified atom stereocenters. The number of benzene rings is 2. The Hall–Kier alpha value is -2.12. The molecule has 0 saturated carbocycles. The predicted molar refractivity (Wildman–Crippen MR) is 86.9 cm³/mol. The fourth-order valence-electron chi connectivity index (χ4n) is 1.97. The van der Waals surface area contributed by atoms with Crippen molar-refractivity contribution in [2.45, 2.75) is 4.90 Å². The van der Waals surface area contributed by atoms with E-state index in [0.29, 0.717) is 15.9 Å². The van der Waals surface area contributed by atoms with Crippen LogP contribution >= 0.6 is 15.9 Å². The number of aromatic nitrogens is 1. The number of nitrogens with one attached hydrogen (secondary N) is 1. The molecule has 0 radical (unpaired) electrons. The van der Waals surface area contributed by atoms with Crippen LogP contribution in [0, 0.1) is 0 Å². The van der Waals surface area contributed by atoms with Crippen LogP contribution in [0.2, 0.25) is 0 Å². The molecule has 0 spiro atoms. The van der Waals surface area contributed by atoms with E-state index in [1.54, 1.807) is 42.6 Å². The molecule has 0 aliphatic carbocycles. The molecule has 1 aromatic heterocycles. The first-order valence-corrected chi connectivity index (χ1v) is 8.60. The van der Waals surface area contributed by atoms with Gasteiger partial charge >= 0.3 is 0 Å². The summed E-state index contributed by atoms with van der Waals surface area (Å²) < 4.78 is 33.2. The second-order valence-electron chi connectivity index (χ2n) is 4.48. The van der Waals surface area contributed by atoms with Crippen molar-refractivity contribution in [3.05, 3.63) is 65.6 Å². The summed E-state index contributed by atoms with van der Waals surface area (Å²) in [6, 6.07) is 13.6. The number of hydrogen-bond donors (Lipinski definition) is 1. The van der Waals surface area contributed by atoms with Gasteiger partial charge in [-0.2, -0.15) is 0 Å². The molecule has 0 aliphatic heterocycles. The monoisotopic (exact) mass is 378 g/mol. The average molecular weight is 379 g/mol.